The Bertz CT molecular complexity index is 330. The number of hydrogen-bond donors (Lipinski definition) is 1. The van der Waals surface area contributed by atoms with E-state index in [-0.39, 0.29) is 13.6 Å². The molecular weight excluding hydrogens is 222 g/mol. The maximum Gasteiger partial charge on any atom is 0.188 e. The Morgan fingerprint density at radius 1 is 1.00 bits per heavy atom. The lowest BCUT2D eigenvalue weighted by atomic mass is 10.2. The molecule has 0 heterocycles. The van der Waals surface area contributed by atoms with E-state index in [4.69, 9.17) is 18.9 Å². The fraction of sp³-hybridized carbons (Fsp3) is 0.500. The smallest absolute Gasteiger partial charge is 0.188 e. The molecule has 5 nitrogen and oxygen atoms in total. The van der Waals surface area contributed by atoms with Gasteiger partial charge in [-0.15, -0.1) is 0 Å². The zero-order valence-electron chi connectivity index (χ0n) is 10.5. The molecule has 0 bridgehead atoms. The van der Waals surface area contributed by atoms with Gasteiger partial charge in [0.05, 0.1) is 0 Å². The van der Waals surface area contributed by atoms with Gasteiger partial charge in [0.15, 0.2) is 25.1 Å². The summed E-state index contributed by atoms with van der Waals surface area (Å²) < 4.78 is 20.6. The van der Waals surface area contributed by atoms with Crippen molar-refractivity contribution >= 4 is 0 Å². The summed E-state index contributed by atoms with van der Waals surface area (Å²) >= 11 is 0. The van der Waals surface area contributed by atoms with E-state index in [2.05, 4.69) is 5.32 Å². The van der Waals surface area contributed by atoms with Crippen molar-refractivity contribution in [3.8, 4) is 11.5 Å². The van der Waals surface area contributed by atoms with E-state index in [1.54, 1.807) is 14.2 Å². The van der Waals surface area contributed by atoms with Crippen LogP contribution in [0.4, 0.5) is 0 Å². The summed E-state index contributed by atoms with van der Waals surface area (Å²) in [7, 11) is 5.04. The van der Waals surface area contributed by atoms with Crippen molar-refractivity contribution in [2.45, 2.75) is 6.54 Å². The average Bonchev–Trinajstić information content (AvgIpc) is 2.35. The van der Waals surface area contributed by atoms with Crippen molar-refractivity contribution in [1.29, 1.82) is 0 Å². The molecule has 0 atom stereocenters. The summed E-state index contributed by atoms with van der Waals surface area (Å²) in [6.07, 6.45) is 0. The second-order valence-corrected chi connectivity index (χ2v) is 3.41. The quantitative estimate of drug-likeness (QED) is 0.697. The van der Waals surface area contributed by atoms with Crippen molar-refractivity contribution in [2.75, 3.05) is 34.9 Å². The van der Waals surface area contributed by atoms with Gasteiger partial charge in [-0.1, -0.05) is 6.07 Å². The maximum atomic E-state index is 5.44. The number of methoxy groups -OCH3 is 2. The first-order valence-corrected chi connectivity index (χ1v) is 5.32. The van der Waals surface area contributed by atoms with E-state index in [9.17, 15) is 0 Å². The van der Waals surface area contributed by atoms with Crippen LogP contribution in [-0.4, -0.2) is 34.9 Å². The lowest BCUT2D eigenvalue weighted by Gasteiger charge is -2.13. The summed E-state index contributed by atoms with van der Waals surface area (Å²) in [5, 5.41) is 3.08. The van der Waals surface area contributed by atoms with Gasteiger partial charge in [0.25, 0.3) is 0 Å². The molecule has 1 aromatic rings. The molecular formula is C12H19NO4. The van der Waals surface area contributed by atoms with E-state index in [0.717, 1.165) is 12.1 Å². The monoisotopic (exact) mass is 241 g/mol. The predicted molar refractivity (Wildman–Crippen MR) is 64.2 cm³/mol. The molecule has 0 amide bonds. The lowest BCUT2D eigenvalue weighted by molar-refractivity contribution is 0.0322. The Balaban J connectivity index is 2.78. The molecule has 0 aromatic heterocycles. The van der Waals surface area contributed by atoms with Gasteiger partial charge in [0, 0.05) is 20.8 Å². The van der Waals surface area contributed by atoms with Crippen molar-refractivity contribution < 1.29 is 18.9 Å². The Hall–Kier alpha value is -1.30. The number of benzene rings is 1. The summed E-state index contributed by atoms with van der Waals surface area (Å²) in [6.45, 7) is 1.15. The third-order valence-electron chi connectivity index (χ3n) is 2.05. The number of ether oxygens (including phenoxy) is 4. The van der Waals surface area contributed by atoms with Crippen molar-refractivity contribution in [2.24, 2.45) is 0 Å². The topological polar surface area (TPSA) is 49.0 Å². The average molecular weight is 241 g/mol. The number of hydrogen-bond acceptors (Lipinski definition) is 5. The van der Waals surface area contributed by atoms with E-state index in [1.165, 1.54) is 0 Å². The SMILES string of the molecule is CNCc1ccc(OCOC)c(OCOC)c1. The molecule has 0 spiro atoms. The first-order valence-electron chi connectivity index (χ1n) is 5.32. The minimum atomic E-state index is 0.187. The standard InChI is InChI=1S/C12H19NO4/c1-13-7-10-4-5-11(16-8-14-2)12(6-10)17-9-15-3/h4-6,13H,7-9H2,1-3H3. The Labute approximate surface area is 102 Å². The molecule has 0 aliphatic heterocycles. The van der Waals surface area contributed by atoms with E-state index < -0.39 is 0 Å². The van der Waals surface area contributed by atoms with Crippen molar-refractivity contribution in [3.63, 3.8) is 0 Å². The van der Waals surface area contributed by atoms with Gasteiger partial charge in [-0.3, -0.25) is 0 Å². The number of nitrogens with one attached hydrogen (secondary N) is 1. The summed E-state index contributed by atoms with van der Waals surface area (Å²) in [5.41, 5.74) is 1.11. The highest BCUT2D eigenvalue weighted by Gasteiger charge is 2.06. The van der Waals surface area contributed by atoms with Crippen LogP contribution in [-0.2, 0) is 16.0 Å². The summed E-state index contributed by atoms with van der Waals surface area (Å²) in [6, 6.07) is 5.75. The molecule has 1 aromatic carbocycles. The number of rotatable bonds is 8. The molecule has 0 aliphatic carbocycles. The minimum absolute atomic E-state index is 0.187. The molecule has 0 aliphatic rings. The molecule has 96 valence electrons. The van der Waals surface area contributed by atoms with Crippen molar-refractivity contribution in [3.05, 3.63) is 23.8 Å². The molecule has 0 saturated carbocycles. The highest BCUT2D eigenvalue weighted by Crippen LogP contribution is 2.28. The molecule has 0 saturated heterocycles. The van der Waals surface area contributed by atoms with Crippen LogP contribution in [0.3, 0.4) is 0 Å². The lowest BCUT2D eigenvalue weighted by Crippen LogP contribution is -2.07. The van der Waals surface area contributed by atoms with Crippen molar-refractivity contribution in [1.82, 2.24) is 5.32 Å². The fourth-order valence-electron chi connectivity index (χ4n) is 1.34. The second-order valence-electron chi connectivity index (χ2n) is 3.41. The molecule has 5 heteroatoms. The second kappa shape index (κ2) is 7.89. The van der Waals surface area contributed by atoms with Crippen LogP contribution in [0.1, 0.15) is 5.56 Å². The van der Waals surface area contributed by atoms with E-state index in [0.29, 0.717) is 11.5 Å². The Morgan fingerprint density at radius 2 is 1.65 bits per heavy atom. The largest absolute Gasteiger partial charge is 0.464 e. The molecule has 1 N–H and O–H groups in total. The van der Waals surface area contributed by atoms with Gasteiger partial charge >= 0.3 is 0 Å². The van der Waals surface area contributed by atoms with Gasteiger partial charge in [-0.05, 0) is 24.7 Å². The maximum absolute atomic E-state index is 5.44. The summed E-state index contributed by atoms with van der Waals surface area (Å²) in [5.74, 6) is 1.29. The molecule has 0 unspecified atom stereocenters. The molecule has 0 fully saturated rings. The van der Waals surface area contributed by atoms with Gasteiger partial charge in [0.1, 0.15) is 0 Å². The highest BCUT2D eigenvalue weighted by atomic mass is 16.7. The molecule has 17 heavy (non-hydrogen) atoms. The Kier molecular flexibility index (Phi) is 6.39. The fourth-order valence-corrected chi connectivity index (χ4v) is 1.34. The Morgan fingerprint density at radius 3 is 2.24 bits per heavy atom. The first-order chi connectivity index (χ1) is 8.31. The summed E-state index contributed by atoms with van der Waals surface area (Å²) in [4.78, 5) is 0. The molecule has 0 radical (unpaired) electrons. The van der Waals surface area contributed by atoms with Crippen LogP contribution < -0.4 is 14.8 Å². The zero-order valence-corrected chi connectivity index (χ0v) is 10.5. The van der Waals surface area contributed by atoms with Crippen LogP contribution in [0.15, 0.2) is 18.2 Å². The van der Waals surface area contributed by atoms with Crippen LogP contribution in [0.25, 0.3) is 0 Å². The van der Waals surface area contributed by atoms with Gasteiger partial charge in [0.2, 0.25) is 0 Å². The van der Waals surface area contributed by atoms with Crippen LogP contribution in [0.5, 0.6) is 11.5 Å². The third-order valence-corrected chi connectivity index (χ3v) is 2.05. The van der Waals surface area contributed by atoms with E-state index in [1.807, 2.05) is 25.2 Å². The van der Waals surface area contributed by atoms with Crippen LogP contribution in [0, 0.1) is 0 Å². The van der Waals surface area contributed by atoms with Crippen LogP contribution >= 0.6 is 0 Å². The van der Waals surface area contributed by atoms with Gasteiger partial charge in [-0.25, -0.2) is 0 Å². The van der Waals surface area contributed by atoms with E-state index >= 15 is 0 Å². The van der Waals surface area contributed by atoms with Gasteiger partial charge < -0.3 is 24.3 Å². The highest BCUT2D eigenvalue weighted by molar-refractivity contribution is 5.42. The minimum Gasteiger partial charge on any atom is -0.464 e. The third kappa shape index (κ3) is 4.60. The van der Waals surface area contributed by atoms with Gasteiger partial charge in [-0.2, -0.15) is 0 Å². The predicted octanol–water partition coefficient (Wildman–Crippen LogP) is 1.37. The first kappa shape index (κ1) is 13.8. The normalized spacial score (nSPS) is 10.3. The van der Waals surface area contributed by atoms with Crippen LogP contribution in [0.2, 0.25) is 0 Å². The zero-order chi connectivity index (χ0) is 12.5. The molecule has 1 rings (SSSR count).